The molecular weight excluding hydrogens is 368 g/mol. The molecule has 7 nitrogen and oxygen atoms in total. The van der Waals surface area contributed by atoms with Crippen molar-refractivity contribution in [2.24, 2.45) is 0 Å². The SMILES string of the molecule is CC(=O)OCCc1nccc(N2CCN(C(=O)C(C)=Cc3ccccc3)CC2)n1. The molecule has 1 aliphatic rings. The molecule has 1 amide bonds. The molecule has 0 radical (unpaired) electrons. The van der Waals surface area contributed by atoms with E-state index in [0.29, 0.717) is 38.4 Å². The highest BCUT2D eigenvalue weighted by molar-refractivity contribution is 5.97. The quantitative estimate of drug-likeness (QED) is 0.553. The Balaban J connectivity index is 1.55. The highest BCUT2D eigenvalue weighted by atomic mass is 16.5. The van der Waals surface area contributed by atoms with Crippen molar-refractivity contribution in [1.82, 2.24) is 14.9 Å². The van der Waals surface area contributed by atoms with Crippen LogP contribution < -0.4 is 4.90 Å². The summed E-state index contributed by atoms with van der Waals surface area (Å²) in [6.45, 7) is 6.23. The predicted molar refractivity (Wildman–Crippen MR) is 111 cm³/mol. The van der Waals surface area contributed by atoms with E-state index in [4.69, 9.17) is 4.74 Å². The molecule has 0 saturated carbocycles. The molecule has 0 N–H and O–H groups in total. The first-order valence-corrected chi connectivity index (χ1v) is 9.76. The molecule has 1 aromatic carbocycles. The lowest BCUT2D eigenvalue weighted by Gasteiger charge is -2.35. The number of hydrogen-bond donors (Lipinski definition) is 0. The number of rotatable bonds is 6. The van der Waals surface area contributed by atoms with Crippen LogP contribution in [0.1, 0.15) is 25.2 Å². The zero-order valence-electron chi connectivity index (χ0n) is 16.9. The van der Waals surface area contributed by atoms with Gasteiger partial charge in [-0.2, -0.15) is 0 Å². The van der Waals surface area contributed by atoms with Crippen LogP contribution >= 0.6 is 0 Å². The summed E-state index contributed by atoms with van der Waals surface area (Å²) >= 11 is 0. The molecule has 1 aliphatic heterocycles. The molecule has 0 bridgehead atoms. The highest BCUT2D eigenvalue weighted by Crippen LogP contribution is 2.16. The van der Waals surface area contributed by atoms with Crippen LogP contribution in [0.3, 0.4) is 0 Å². The van der Waals surface area contributed by atoms with E-state index in [2.05, 4.69) is 14.9 Å². The second-order valence-corrected chi connectivity index (χ2v) is 6.94. The number of piperazine rings is 1. The van der Waals surface area contributed by atoms with Crippen LogP contribution in [0.4, 0.5) is 5.82 Å². The standard InChI is InChI=1S/C22H26N4O3/c1-17(16-19-6-4-3-5-7-19)22(28)26-13-11-25(12-14-26)21-8-10-23-20(24-21)9-15-29-18(2)27/h3-8,10,16H,9,11-15H2,1-2H3. The molecule has 3 rings (SSSR count). The van der Waals surface area contributed by atoms with Crippen molar-refractivity contribution in [2.45, 2.75) is 20.3 Å². The van der Waals surface area contributed by atoms with E-state index in [9.17, 15) is 9.59 Å². The fraction of sp³-hybridized carbons (Fsp3) is 0.364. The van der Waals surface area contributed by atoms with Gasteiger partial charge in [-0.25, -0.2) is 9.97 Å². The zero-order valence-corrected chi connectivity index (χ0v) is 16.9. The number of nitrogens with zero attached hydrogens (tertiary/aromatic N) is 4. The molecule has 0 aliphatic carbocycles. The van der Waals surface area contributed by atoms with E-state index in [1.165, 1.54) is 6.92 Å². The minimum Gasteiger partial charge on any atom is -0.465 e. The second-order valence-electron chi connectivity index (χ2n) is 6.94. The Bertz CT molecular complexity index is 875. The summed E-state index contributed by atoms with van der Waals surface area (Å²) in [6.07, 6.45) is 4.12. The number of carbonyl (C=O) groups excluding carboxylic acids is 2. The lowest BCUT2D eigenvalue weighted by Crippen LogP contribution is -2.49. The van der Waals surface area contributed by atoms with Gasteiger partial charge in [-0.3, -0.25) is 9.59 Å². The Morgan fingerprint density at radius 2 is 1.79 bits per heavy atom. The maximum absolute atomic E-state index is 12.7. The molecule has 1 saturated heterocycles. The van der Waals surface area contributed by atoms with E-state index >= 15 is 0 Å². The van der Waals surface area contributed by atoms with Crippen LogP contribution in [-0.4, -0.2) is 59.5 Å². The maximum atomic E-state index is 12.7. The maximum Gasteiger partial charge on any atom is 0.302 e. The van der Waals surface area contributed by atoms with Gasteiger partial charge in [0, 0.05) is 51.3 Å². The second kappa shape index (κ2) is 9.82. The average Bonchev–Trinajstić information content (AvgIpc) is 2.74. The van der Waals surface area contributed by atoms with Crippen LogP contribution in [0.5, 0.6) is 0 Å². The van der Waals surface area contributed by atoms with Gasteiger partial charge in [0.2, 0.25) is 5.91 Å². The monoisotopic (exact) mass is 394 g/mol. The van der Waals surface area contributed by atoms with E-state index in [1.54, 1.807) is 6.20 Å². The van der Waals surface area contributed by atoms with E-state index in [0.717, 1.165) is 17.0 Å². The number of benzene rings is 1. The molecule has 0 unspecified atom stereocenters. The van der Waals surface area contributed by atoms with E-state index in [-0.39, 0.29) is 18.5 Å². The minimum atomic E-state index is -0.307. The van der Waals surface area contributed by atoms with Crippen LogP contribution in [0.2, 0.25) is 0 Å². The number of carbonyl (C=O) groups is 2. The van der Waals surface area contributed by atoms with Gasteiger partial charge in [0.15, 0.2) is 0 Å². The summed E-state index contributed by atoms with van der Waals surface area (Å²) in [5, 5.41) is 0. The fourth-order valence-electron chi connectivity index (χ4n) is 3.22. The smallest absolute Gasteiger partial charge is 0.302 e. The Morgan fingerprint density at radius 1 is 1.07 bits per heavy atom. The van der Waals surface area contributed by atoms with E-state index in [1.807, 2.05) is 54.3 Å². The molecule has 0 spiro atoms. The molecule has 0 atom stereocenters. The van der Waals surface area contributed by atoms with Crippen LogP contribution in [0, 0.1) is 0 Å². The van der Waals surface area contributed by atoms with Crippen molar-refractivity contribution in [3.05, 3.63) is 59.6 Å². The van der Waals surface area contributed by atoms with Crippen LogP contribution in [-0.2, 0) is 20.7 Å². The molecular formula is C22H26N4O3. The number of amides is 1. The number of aromatic nitrogens is 2. The van der Waals surface area contributed by atoms with E-state index < -0.39 is 0 Å². The minimum absolute atomic E-state index is 0.0678. The first kappa shape index (κ1) is 20.5. The number of esters is 1. The summed E-state index contributed by atoms with van der Waals surface area (Å²) < 4.78 is 4.95. The lowest BCUT2D eigenvalue weighted by atomic mass is 10.1. The van der Waals surface area contributed by atoms with Gasteiger partial charge < -0.3 is 14.5 Å². The predicted octanol–water partition coefficient (Wildman–Crippen LogP) is 2.33. The summed E-state index contributed by atoms with van der Waals surface area (Å²) in [7, 11) is 0. The highest BCUT2D eigenvalue weighted by Gasteiger charge is 2.23. The van der Waals surface area contributed by atoms with Gasteiger partial charge >= 0.3 is 5.97 Å². The average molecular weight is 394 g/mol. The summed E-state index contributed by atoms with van der Waals surface area (Å²) in [4.78, 5) is 36.5. The summed E-state index contributed by atoms with van der Waals surface area (Å²) in [5.74, 6) is 1.24. The summed E-state index contributed by atoms with van der Waals surface area (Å²) in [5.41, 5.74) is 1.76. The zero-order chi connectivity index (χ0) is 20.6. The molecule has 7 heteroatoms. The third-order valence-corrected chi connectivity index (χ3v) is 4.73. The van der Waals surface area contributed by atoms with Crippen molar-refractivity contribution in [1.29, 1.82) is 0 Å². The van der Waals surface area contributed by atoms with Gasteiger partial charge in [0.05, 0.1) is 6.61 Å². The van der Waals surface area contributed by atoms with Crippen LogP contribution in [0.25, 0.3) is 6.08 Å². The van der Waals surface area contributed by atoms with Crippen molar-refractivity contribution < 1.29 is 14.3 Å². The largest absolute Gasteiger partial charge is 0.465 e. The summed E-state index contributed by atoms with van der Waals surface area (Å²) in [6, 6.07) is 11.7. The number of hydrogen-bond acceptors (Lipinski definition) is 6. The van der Waals surface area contributed by atoms with Gasteiger partial charge in [0.1, 0.15) is 11.6 Å². The lowest BCUT2D eigenvalue weighted by molar-refractivity contribution is -0.140. The first-order valence-electron chi connectivity index (χ1n) is 9.76. The van der Waals surface area contributed by atoms with Gasteiger partial charge in [-0.05, 0) is 24.6 Å². The van der Waals surface area contributed by atoms with Crippen molar-refractivity contribution in [2.75, 3.05) is 37.7 Å². The first-order chi connectivity index (χ1) is 14.0. The van der Waals surface area contributed by atoms with Gasteiger partial charge in [0.25, 0.3) is 0 Å². The number of anilines is 1. The third kappa shape index (κ3) is 5.88. The van der Waals surface area contributed by atoms with Crippen molar-refractivity contribution in [3.8, 4) is 0 Å². The van der Waals surface area contributed by atoms with Crippen LogP contribution in [0.15, 0.2) is 48.2 Å². The molecule has 152 valence electrons. The number of ether oxygens (including phenoxy) is 1. The Morgan fingerprint density at radius 3 is 2.48 bits per heavy atom. The molecule has 29 heavy (non-hydrogen) atoms. The molecule has 2 aromatic rings. The van der Waals surface area contributed by atoms with Crippen molar-refractivity contribution in [3.63, 3.8) is 0 Å². The van der Waals surface area contributed by atoms with Crippen molar-refractivity contribution >= 4 is 23.8 Å². The molecule has 1 fully saturated rings. The topological polar surface area (TPSA) is 75.6 Å². The fourth-order valence-corrected chi connectivity index (χ4v) is 3.22. The van der Waals surface area contributed by atoms with Gasteiger partial charge in [-0.15, -0.1) is 0 Å². The third-order valence-electron chi connectivity index (χ3n) is 4.73. The normalized spacial score (nSPS) is 14.6. The Kier molecular flexibility index (Phi) is 6.94. The Labute approximate surface area is 171 Å². The Hall–Kier alpha value is -3.22. The van der Waals surface area contributed by atoms with Gasteiger partial charge in [-0.1, -0.05) is 30.3 Å². The molecule has 2 heterocycles. The molecule has 1 aromatic heterocycles.